The molecule has 3 fully saturated rings. The minimum atomic E-state index is -0.0582. The van der Waals surface area contributed by atoms with E-state index in [2.05, 4.69) is 14.8 Å². The molecule has 6 nitrogen and oxygen atoms in total. The van der Waals surface area contributed by atoms with E-state index < -0.39 is 0 Å². The van der Waals surface area contributed by atoms with Gasteiger partial charge in [0.2, 0.25) is 5.91 Å². The van der Waals surface area contributed by atoms with Gasteiger partial charge >= 0.3 is 0 Å². The van der Waals surface area contributed by atoms with Crippen LogP contribution in [0.5, 0.6) is 0 Å². The monoisotopic (exact) mass is 316 g/mol. The molecule has 3 aliphatic rings. The normalized spacial score (nSPS) is 30.0. The van der Waals surface area contributed by atoms with Crippen molar-refractivity contribution in [3.05, 3.63) is 22.7 Å². The molecule has 23 heavy (non-hydrogen) atoms. The van der Waals surface area contributed by atoms with Crippen LogP contribution in [-0.2, 0) is 11.8 Å². The SMILES string of the molecule is Cn1cnc(N2CCC(C(=O)N3CC4CCCC4C3)C2)cc1=O. The van der Waals surface area contributed by atoms with Gasteiger partial charge in [0.15, 0.2) is 0 Å². The summed E-state index contributed by atoms with van der Waals surface area (Å²) >= 11 is 0. The Bertz CT molecular complexity index is 659. The Morgan fingerprint density at radius 1 is 1.17 bits per heavy atom. The lowest BCUT2D eigenvalue weighted by molar-refractivity contribution is -0.134. The summed E-state index contributed by atoms with van der Waals surface area (Å²) in [7, 11) is 1.69. The molecule has 3 unspecified atom stereocenters. The molecule has 0 bridgehead atoms. The van der Waals surface area contributed by atoms with Gasteiger partial charge in [-0.05, 0) is 31.1 Å². The number of aromatic nitrogens is 2. The van der Waals surface area contributed by atoms with Crippen LogP contribution in [0, 0.1) is 17.8 Å². The molecule has 124 valence electrons. The van der Waals surface area contributed by atoms with E-state index in [0.717, 1.165) is 37.9 Å². The van der Waals surface area contributed by atoms with Crippen LogP contribution in [0.15, 0.2) is 17.2 Å². The number of hydrogen-bond acceptors (Lipinski definition) is 4. The van der Waals surface area contributed by atoms with E-state index in [1.54, 1.807) is 19.4 Å². The van der Waals surface area contributed by atoms with Crippen molar-refractivity contribution in [2.45, 2.75) is 25.7 Å². The predicted molar refractivity (Wildman–Crippen MR) is 87.2 cm³/mol. The highest BCUT2D eigenvalue weighted by atomic mass is 16.2. The Balaban J connectivity index is 1.41. The van der Waals surface area contributed by atoms with Crippen LogP contribution < -0.4 is 10.5 Å². The summed E-state index contributed by atoms with van der Waals surface area (Å²) in [5.74, 6) is 2.55. The summed E-state index contributed by atoms with van der Waals surface area (Å²) in [6, 6.07) is 1.56. The summed E-state index contributed by atoms with van der Waals surface area (Å²) in [5.41, 5.74) is -0.0582. The molecule has 3 atom stereocenters. The molecule has 1 aliphatic carbocycles. The number of nitrogens with zero attached hydrogens (tertiary/aromatic N) is 4. The second kappa shape index (κ2) is 5.65. The lowest BCUT2D eigenvalue weighted by Crippen LogP contribution is -2.36. The molecule has 1 aromatic heterocycles. The number of amides is 1. The third-order valence-electron chi connectivity index (χ3n) is 5.86. The maximum absolute atomic E-state index is 12.8. The van der Waals surface area contributed by atoms with E-state index in [4.69, 9.17) is 0 Å². The molecule has 1 saturated carbocycles. The van der Waals surface area contributed by atoms with Gasteiger partial charge in [0, 0.05) is 39.3 Å². The lowest BCUT2D eigenvalue weighted by atomic mass is 10.0. The molecule has 0 radical (unpaired) electrons. The van der Waals surface area contributed by atoms with Crippen LogP contribution in [0.25, 0.3) is 0 Å². The first-order chi connectivity index (χ1) is 11.1. The maximum atomic E-state index is 12.8. The van der Waals surface area contributed by atoms with Crippen molar-refractivity contribution in [3.63, 3.8) is 0 Å². The van der Waals surface area contributed by atoms with E-state index in [1.807, 2.05) is 0 Å². The fourth-order valence-electron chi connectivity index (χ4n) is 4.47. The predicted octanol–water partition coefficient (Wildman–Crippen LogP) is 0.865. The first-order valence-corrected chi connectivity index (χ1v) is 8.68. The van der Waals surface area contributed by atoms with Crippen molar-refractivity contribution in [2.24, 2.45) is 24.8 Å². The number of anilines is 1. The molecule has 0 aromatic carbocycles. The molecule has 0 N–H and O–H groups in total. The summed E-state index contributed by atoms with van der Waals surface area (Å²) in [4.78, 5) is 33.0. The zero-order chi connectivity index (χ0) is 16.0. The van der Waals surface area contributed by atoms with Gasteiger partial charge in [0.05, 0.1) is 12.2 Å². The zero-order valence-corrected chi connectivity index (χ0v) is 13.6. The fourth-order valence-corrected chi connectivity index (χ4v) is 4.47. The minimum absolute atomic E-state index is 0.0553. The number of aryl methyl sites for hydroxylation is 1. The van der Waals surface area contributed by atoms with Crippen LogP contribution in [0.1, 0.15) is 25.7 Å². The van der Waals surface area contributed by atoms with Gasteiger partial charge in [-0.2, -0.15) is 0 Å². The lowest BCUT2D eigenvalue weighted by Gasteiger charge is -2.22. The van der Waals surface area contributed by atoms with Crippen molar-refractivity contribution in [2.75, 3.05) is 31.1 Å². The second-order valence-electron chi connectivity index (χ2n) is 7.32. The highest BCUT2D eigenvalue weighted by molar-refractivity contribution is 5.80. The fraction of sp³-hybridized carbons (Fsp3) is 0.706. The molecular formula is C17H24N4O2. The molecule has 2 aliphatic heterocycles. The van der Waals surface area contributed by atoms with Gasteiger partial charge in [-0.25, -0.2) is 4.98 Å². The van der Waals surface area contributed by atoms with Crippen molar-refractivity contribution in [1.82, 2.24) is 14.5 Å². The Morgan fingerprint density at radius 2 is 1.91 bits per heavy atom. The van der Waals surface area contributed by atoms with Gasteiger partial charge in [0.25, 0.3) is 5.56 Å². The summed E-state index contributed by atoms with van der Waals surface area (Å²) in [6.07, 6.45) is 6.34. The molecule has 6 heteroatoms. The van der Waals surface area contributed by atoms with Crippen molar-refractivity contribution >= 4 is 11.7 Å². The zero-order valence-electron chi connectivity index (χ0n) is 13.6. The van der Waals surface area contributed by atoms with Crippen LogP contribution >= 0.6 is 0 Å². The summed E-state index contributed by atoms with van der Waals surface area (Å²) < 4.78 is 1.46. The molecular weight excluding hydrogens is 292 g/mol. The third kappa shape index (κ3) is 2.64. The first-order valence-electron chi connectivity index (χ1n) is 8.68. The van der Waals surface area contributed by atoms with E-state index in [-0.39, 0.29) is 11.5 Å². The minimum Gasteiger partial charge on any atom is -0.356 e. The van der Waals surface area contributed by atoms with Crippen molar-refractivity contribution < 1.29 is 4.79 Å². The first kappa shape index (κ1) is 14.7. The summed E-state index contributed by atoms with van der Waals surface area (Å²) in [5, 5.41) is 0. The molecule has 2 saturated heterocycles. The van der Waals surface area contributed by atoms with E-state index in [9.17, 15) is 9.59 Å². The highest BCUT2D eigenvalue weighted by Crippen LogP contribution is 2.38. The average molecular weight is 316 g/mol. The Labute approximate surface area is 136 Å². The van der Waals surface area contributed by atoms with Crippen molar-refractivity contribution in [1.29, 1.82) is 0 Å². The number of likely N-dealkylation sites (tertiary alicyclic amines) is 1. The quantitative estimate of drug-likeness (QED) is 0.812. The molecule has 3 heterocycles. The Hall–Kier alpha value is -1.85. The number of fused-ring (bicyclic) bond motifs is 1. The van der Waals surface area contributed by atoms with Crippen LogP contribution in [-0.4, -0.2) is 46.5 Å². The standard InChI is InChI=1S/C17H24N4O2/c1-19-11-18-15(7-16(19)22)20-6-5-14(10-20)17(23)21-8-12-3-2-4-13(12)9-21/h7,11-14H,2-6,8-10H2,1H3. The number of carbonyl (C=O) groups is 1. The van der Waals surface area contributed by atoms with E-state index >= 15 is 0 Å². The maximum Gasteiger partial charge on any atom is 0.255 e. The summed E-state index contributed by atoms with van der Waals surface area (Å²) in [6.45, 7) is 3.41. The second-order valence-corrected chi connectivity index (χ2v) is 7.32. The average Bonchev–Trinajstić information content (AvgIpc) is 3.24. The van der Waals surface area contributed by atoms with E-state index in [0.29, 0.717) is 18.3 Å². The largest absolute Gasteiger partial charge is 0.356 e. The molecule has 1 aromatic rings. The third-order valence-corrected chi connectivity index (χ3v) is 5.86. The number of hydrogen-bond donors (Lipinski definition) is 0. The number of carbonyl (C=O) groups excluding carboxylic acids is 1. The van der Waals surface area contributed by atoms with Crippen LogP contribution in [0.4, 0.5) is 5.82 Å². The van der Waals surface area contributed by atoms with Crippen LogP contribution in [0.3, 0.4) is 0 Å². The van der Waals surface area contributed by atoms with Crippen LogP contribution in [0.2, 0.25) is 0 Å². The van der Waals surface area contributed by atoms with Gasteiger partial charge in [-0.1, -0.05) is 6.42 Å². The Kier molecular flexibility index (Phi) is 3.62. The van der Waals surface area contributed by atoms with E-state index in [1.165, 1.54) is 23.8 Å². The number of rotatable bonds is 2. The van der Waals surface area contributed by atoms with Gasteiger partial charge in [0.1, 0.15) is 5.82 Å². The van der Waals surface area contributed by atoms with Gasteiger partial charge < -0.3 is 14.4 Å². The highest BCUT2D eigenvalue weighted by Gasteiger charge is 2.41. The smallest absolute Gasteiger partial charge is 0.255 e. The van der Waals surface area contributed by atoms with Crippen molar-refractivity contribution in [3.8, 4) is 0 Å². The van der Waals surface area contributed by atoms with Gasteiger partial charge in [-0.3, -0.25) is 9.59 Å². The molecule has 0 spiro atoms. The van der Waals surface area contributed by atoms with Gasteiger partial charge in [-0.15, -0.1) is 0 Å². The molecule has 1 amide bonds. The topological polar surface area (TPSA) is 58.4 Å². The Morgan fingerprint density at radius 3 is 2.61 bits per heavy atom. The molecule has 4 rings (SSSR count).